The molecule has 1 N–H and O–H groups in total. The third kappa shape index (κ3) is 2.44. The van der Waals surface area contributed by atoms with Crippen LogP contribution in [0.4, 0.5) is 5.69 Å². The molecular formula is C16H11N3O2S. The summed E-state index contributed by atoms with van der Waals surface area (Å²) in [7, 11) is 0. The Labute approximate surface area is 130 Å². The van der Waals surface area contributed by atoms with Crippen molar-refractivity contribution in [3.63, 3.8) is 0 Å². The van der Waals surface area contributed by atoms with Gasteiger partial charge in [0.1, 0.15) is 16.3 Å². The van der Waals surface area contributed by atoms with Crippen molar-refractivity contribution in [1.82, 2.24) is 9.97 Å². The van der Waals surface area contributed by atoms with Crippen LogP contribution in [0, 0.1) is 0 Å². The number of rotatable bonds is 2. The minimum absolute atomic E-state index is 0.0714. The number of nitrogens with zero attached hydrogens (tertiary/aromatic N) is 2. The van der Waals surface area contributed by atoms with E-state index in [2.05, 4.69) is 15.3 Å². The Morgan fingerprint density at radius 1 is 1.27 bits per heavy atom. The Bertz CT molecular complexity index is 868. The average molecular weight is 309 g/mol. The highest BCUT2D eigenvalue weighted by atomic mass is 32.1. The van der Waals surface area contributed by atoms with Crippen LogP contribution in [0.5, 0.6) is 5.75 Å². The number of carbonyl (C=O) groups excluding carboxylic acids is 1. The SMILES string of the molecule is O=C1COc2ccc(/C=C/c3nc4cnccc4s3)cc2N1. The number of carbonyl (C=O) groups is 1. The minimum Gasteiger partial charge on any atom is -0.482 e. The van der Waals surface area contributed by atoms with Gasteiger partial charge in [0.25, 0.3) is 5.91 Å². The molecule has 0 saturated carbocycles. The third-order valence-electron chi connectivity index (χ3n) is 3.26. The van der Waals surface area contributed by atoms with Gasteiger partial charge in [-0.25, -0.2) is 4.98 Å². The lowest BCUT2D eigenvalue weighted by Crippen LogP contribution is -2.25. The Morgan fingerprint density at radius 3 is 3.14 bits per heavy atom. The molecule has 3 heterocycles. The highest BCUT2D eigenvalue weighted by molar-refractivity contribution is 7.19. The molecule has 0 saturated heterocycles. The second-order valence-corrected chi connectivity index (χ2v) is 5.88. The number of hydrogen-bond donors (Lipinski definition) is 1. The van der Waals surface area contributed by atoms with E-state index in [4.69, 9.17) is 4.74 Å². The summed E-state index contributed by atoms with van der Waals surface area (Å²) in [6.07, 6.45) is 7.44. The number of pyridine rings is 1. The lowest BCUT2D eigenvalue weighted by molar-refractivity contribution is -0.118. The summed E-state index contributed by atoms with van der Waals surface area (Å²) in [5, 5.41) is 3.72. The van der Waals surface area contributed by atoms with Gasteiger partial charge in [0, 0.05) is 6.20 Å². The molecule has 4 rings (SSSR count). The predicted octanol–water partition coefficient (Wildman–Crippen LogP) is 3.19. The van der Waals surface area contributed by atoms with Gasteiger partial charge in [-0.2, -0.15) is 0 Å². The topological polar surface area (TPSA) is 64.1 Å². The zero-order chi connectivity index (χ0) is 14.9. The van der Waals surface area contributed by atoms with E-state index in [1.807, 2.05) is 36.4 Å². The first-order valence-electron chi connectivity index (χ1n) is 6.73. The Kier molecular flexibility index (Phi) is 3.08. The van der Waals surface area contributed by atoms with E-state index in [9.17, 15) is 4.79 Å². The maximum Gasteiger partial charge on any atom is 0.262 e. The van der Waals surface area contributed by atoms with E-state index >= 15 is 0 Å². The number of benzene rings is 1. The van der Waals surface area contributed by atoms with Crippen molar-refractivity contribution in [2.75, 3.05) is 11.9 Å². The number of fused-ring (bicyclic) bond motifs is 2. The maximum atomic E-state index is 11.3. The van der Waals surface area contributed by atoms with E-state index < -0.39 is 0 Å². The van der Waals surface area contributed by atoms with Crippen LogP contribution in [0.25, 0.3) is 22.4 Å². The van der Waals surface area contributed by atoms with Gasteiger partial charge in [-0.1, -0.05) is 12.1 Å². The lowest BCUT2D eigenvalue weighted by Gasteiger charge is -2.17. The van der Waals surface area contributed by atoms with Crippen LogP contribution >= 0.6 is 11.3 Å². The largest absolute Gasteiger partial charge is 0.482 e. The fourth-order valence-corrected chi connectivity index (χ4v) is 3.08. The van der Waals surface area contributed by atoms with Gasteiger partial charge in [-0.15, -0.1) is 11.3 Å². The highest BCUT2D eigenvalue weighted by Crippen LogP contribution is 2.29. The van der Waals surface area contributed by atoms with Crippen LogP contribution in [0.3, 0.4) is 0 Å². The summed E-state index contributed by atoms with van der Waals surface area (Å²) in [6.45, 7) is 0.0714. The van der Waals surface area contributed by atoms with Crippen LogP contribution in [0.1, 0.15) is 10.6 Å². The Morgan fingerprint density at radius 2 is 2.23 bits per heavy atom. The minimum atomic E-state index is -0.132. The van der Waals surface area contributed by atoms with Crippen molar-refractivity contribution in [2.24, 2.45) is 0 Å². The Balaban J connectivity index is 1.62. The van der Waals surface area contributed by atoms with Crippen molar-refractivity contribution >= 4 is 45.3 Å². The zero-order valence-corrected chi connectivity index (χ0v) is 12.3. The summed E-state index contributed by atoms with van der Waals surface area (Å²) in [5.41, 5.74) is 2.58. The quantitative estimate of drug-likeness (QED) is 0.789. The van der Waals surface area contributed by atoms with E-state index in [1.54, 1.807) is 23.7 Å². The third-order valence-corrected chi connectivity index (χ3v) is 4.26. The number of nitrogens with one attached hydrogen (secondary N) is 1. The molecule has 0 spiro atoms. The molecule has 1 amide bonds. The number of aromatic nitrogens is 2. The van der Waals surface area contributed by atoms with Gasteiger partial charge in [0.2, 0.25) is 0 Å². The maximum absolute atomic E-state index is 11.3. The van der Waals surface area contributed by atoms with Gasteiger partial charge >= 0.3 is 0 Å². The fraction of sp³-hybridized carbons (Fsp3) is 0.0625. The van der Waals surface area contributed by atoms with E-state index in [0.717, 1.165) is 20.8 Å². The molecule has 5 nitrogen and oxygen atoms in total. The van der Waals surface area contributed by atoms with Crippen LogP contribution < -0.4 is 10.1 Å². The van der Waals surface area contributed by atoms with E-state index in [0.29, 0.717) is 11.4 Å². The summed E-state index contributed by atoms with van der Waals surface area (Å²) >= 11 is 1.61. The summed E-state index contributed by atoms with van der Waals surface area (Å²) in [4.78, 5) is 19.9. The molecule has 0 radical (unpaired) electrons. The van der Waals surface area contributed by atoms with Gasteiger partial charge in [0.05, 0.1) is 16.6 Å². The molecule has 3 aromatic rings. The van der Waals surface area contributed by atoms with Crippen molar-refractivity contribution in [3.8, 4) is 5.75 Å². The monoisotopic (exact) mass is 309 g/mol. The number of amides is 1. The molecule has 0 atom stereocenters. The first kappa shape index (κ1) is 13.0. The van der Waals surface area contributed by atoms with Crippen LogP contribution in [0.15, 0.2) is 36.7 Å². The number of hydrogen-bond acceptors (Lipinski definition) is 5. The average Bonchev–Trinajstić information content (AvgIpc) is 2.95. The number of thiazole rings is 1. The summed E-state index contributed by atoms with van der Waals surface area (Å²) in [5.74, 6) is 0.565. The van der Waals surface area contributed by atoms with Crippen molar-refractivity contribution in [1.29, 1.82) is 0 Å². The molecule has 22 heavy (non-hydrogen) atoms. The first-order valence-corrected chi connectivity index (χ1v) is 7.55. The number of ether oxygens (including phenoxy) is 1. The van der Waals surface area contributed by atoms with E-state index in [-0.39, 0.29) is 12.5 Å². The Hall–Kier alpha value is -2.73. The highest BCUT2D eigenvalue weighted by Gasteiger charge is 2.15. The molecule has 0 fully saturated rings. The van der Waals surface area contributed by atoms with Crippen molar-refractivity contribution < 1.29 is 9.53 Å². The molecule has 0 unspecified atom stereocenters. The standard InChI is InChI=1S/C16H11N3O2S/c20-15-9-21-13-3-1-10(7-11(13)18-15)2-4-16-19-12-8-17-6-5-14(12)22-16/h1-8H,9H2,(H,18,20)/b4-2+. The summed E-state index contributed by atoms with van der Waals surface area (Å²) < 4.78 is 6.45. The normalized spacial score (nSPS) is 13.9. The summed E-state index contributed by atoms with van der Waals surface area (Å²) in [6, 6.07) is 7.65. The molecule has 108 valence electrons. The predicted molar refractivity (Wildman–Crippen MR) is 86.9 cm³/mol. The first-order chi connectivity index (χ1) is 10.8. The molecular weight excluding hydrogens is 298 g/mol. The molecule has 1 aliphatic rings. The smallest absolute Gasteiger partial charge is 0.262 e. The van der Waals surface area contributed by atoms with Gasteiger partial charge in [-0.05, 0) is 29.8 Å². The number of anilines is 1. The van der Waals surface area contributed by atoms with Crippen molar-refractivity contribution in [3.05, 3.63) is 47.2 Å². The lowest BCUT2D eigenvalue weighted by atomic mass is 10.1. The van der Waals surface area contributed by atoms with Crippen LogP contribution in [-0.2, 0) is 4.79 Å². The molecule has 1 aromatic carbocycles. The molecule has 1 aliphatic heterocycles. The van der Waals surface area contributed by atoms with E-state index in [1.165, 1.54) is 0 Å². The van der Waals surface area contributed by atoms with Crippen LogP contribution in [0.2, 0.25) is 0 Å². The second-order valence-electron chi connectivity index (χ2n) is 4.82. The molecule has 0 aliphatic carbocycles. The molecule has 2 aromatic heterocycles. The van der Waals surface area contributed by atoms with Gasteiger partial charge in [0.15, 0.2) is 6.61 Å². The zero-order valence-electron chi connectivity index (χ0n) is 11.4. The van der Waals surface area contributed by atoms with Crippen LogP contribution in [-0.4, -0.2) is 22.5 Å². The fourth-order valence-electron chi connectivity index (χ4n) is 2.24. The molecule has 0 bridgehead atoms. The van der Waals surface area contributed by atoms with Gasteiger partial charge < -0.3 is 10.1 Å². The second kappa shape index (κ2) is 5.23. The van der Waals surface area contributed by atoms with Gasteiger partial charge in [-0.3, -0.25) is 9.78 Å². The van der Waals surface area contributed by atoms with Crippen molar-refractivity contribution in [2.45, 2.75) is 0 Å². The molecule has 6 heteroatoms.